The molecule has 0 bridgehead atoms. The van der Waals surface area contributed by atoms with Crippen molar-refractivity contribution in [3.05, 3.63) is 64.2 Å². The summed E-state index contributed by atoms with van der Waals surface area (Å²) in [5.74, 6) is -0.615. The minimum Gasteiger partial charge on any atom is -0.343 e. The summed E-state index contributed by atoms with van der Waals surface area (Å²) in [6.45, 7) is 8.14. The lowest BCUT2D eigenvalue weighted by molar-refractivity contribution is -0.115. The molecule has 0 unspecified atom stereocenters. The zero-order valence-corrected chi connectivity index (χ0v) is 15.7. The summed E-state index contributed by atoms with van der Waals surface area (Å²) in [5.41, 5.74) is 3.24. The highest BCUT2D eigenvalue weighted by Gasteiger charge is 2.15. The van der Waals surface area contributed by atoms with Gasteiger partial charge in [0.1, 0.15) is 0 Å². The molecule has 0 aromatic heterocycles. The number of carbonyl (C=O) groups is 2. The molecule has 0 aliphatic rings. The number of rotatable bonds is 4. The Morgan fingerprint density at radius 2 is 1.68 bits per heavy atom. The van der Waals surface area contributed by atoms with Crippen molar-refractivity contribution in [1.29, 1.82) is 0 Å². The maximum absolute atomic E-state index is 12.2. The van der Waals surface area contributed by atoms with Crippen LogP contribution < -0.4 is 10.6 Å². The number of aryl methyl sites for hydroxylation is 1. The van der Waals surface area contributed by atoms with Crippen LogP contribution in [0.3, 0.4) is 0 Å². The number of hydrogen-bond acceptors (Lipinski definition) is 2. The van der Waals surface area contributed by atoms with E-state index in [1.807, 2.05) is 25.1 Å². The van der Waals surface area contributed by atoms with E-state index < -0.39 is 0 Å². The van der Waals surface area contributed by atoms with E-state index in [9.17, 15) is 9.59 Å². The first kappa shape index (κ1) is 19.0. The van der Waals surface area contributed by atoms with Crippen LogP contribution in [0.4, 0.5) is 5.69 Å². The van der Waals surface area contributed by atoms with Gasteiger partial charge in [-0.2, -0.15) is 0 Å². The van der Waals surface area contributed by atoms with Crippen molar-refractivity contribution in [2.75, 3.05) is 11.9 Å². The molecule has 0 saturated carbocycles. The summed E-state index contributed by atoms with van der Waals surface area (Å²) in [4.78, 5) is 24.1. The molecule has 0 saturated heterocycles. The lowest BCUT2D eigenvalue weighted by atomic mass is 9.87. The first-order valence-corrected chi connectivity index (χ1v) is 8.49. The van der Waals surface area contributed by atoms with Crippen LogP contribution >= 0.6 is 11.6 Å². The first-order chi connectivity index (χ1) is 11.7. The molecule has 0 aliphatic carbocycles. The van der Waals surface area contributed by atoms with E-state index in [2.05, 4.69) is 31.4 Å². The van der Waals surface area contributed by atoms with Gasteiger partial charge in [-0.3, -0.25) is 9.59 Å². The number of hydrogen-bond donors (Lipinski definition) is 2. The maximum Gasteiger partial charge on any atom is 0.251 e. The van der Waals surface area contributed by atoms with Crippen molar-refractivity contribution in [3.8, 4) is 0 Å². The molecule has 4 nitrogen and oxygen atoms in total. The highest BCUT2D eigenvalue weighted by atomic mass is 35.5. The molecule has 2 amide bonds. The Morgan fingerprint density at radius 1 is 1.04 bits per heavy atom. The fourth-order valence-corrected chi connectivity index (χ4v) is 2.58. The maximum atomic E-state index is 12.2. The van der Waals surface area contributed by atoms with Crippen LogP contribution in [0.5, 0.6) is 0 Å². The third kappa shape index (κ3) is 5.33. The molecule has 2 aromatic rings. The molecule has 2 aromatic carbocycles. The molecular weight excluding hydrogens is 336 g/mol. The number of benzene rings is 2. The molecule has 132 valence electrons. The van der Waals surface area contributed by atoms with Crippen LogP contribution in [0.15, 0.2) is 42.5 Å². The van der Waals surface area contributed by atoms with E-state index in [4.69, 9.17) is 11.6 Å². The van der Waals surface area contributed by atoms with Gasteiger partial charge in [-0.1, -0.05) is 50.6 Å². The van der Waals surface area contributed by atoms with Gasteiger partial charge >= 0.3 is 0 Å². The third-order valence-corrected chi connectivity index (χ3v) is 4.13. The molecule has 5 heteroatoms. The third-order valence-electron chi connectivity index (χ3n) is 3.82. The van der Waals surface area contributed by atoms with Gasteiger partial charge in [-0.15, -0.1) is 0 Å². The van der Waals surface area contributed by atoms with Crippen molar-refractivity contribution in [3.63, 3.8) is 0 Å². The van der Waals surface area contributed by atoms with Crippen LogP contribution in [0.1, 0.15) is 42.3 Å². The second-order valence-electron chi connectivity index (χ2n) is 7.04. The summed E-state index contributed by atoms with van der Waals surface area (Å²) in [6, 6.07) is 12.8. The first-order valence-electron chi connectivity index (χ1n) is 8.11. The average molecular weight is 359 g/mol. The number of nitrogens with one attached hydrogen (secondary N) is 2. The molecule has 0 aliphatic heterocycles. The summed E-state index contributed by atoms with van der Waals surface area (Å²) >= 11 is 6.08. The van der Waals surface area contributed by atoms with Gasteiger partial charge in [0.15, 0.2) is 0 Å². The minimum absolute atomic E-state index is 0.0300. The van der Waals surface area contributed by atoms with Gasteiger partial charge < -0.3 is 10.6 Å². The zero-order valence-electron chi connectivity index (χ0n) is 14.9. The molecule has 0 radical (unpaired) electrons. The Kier molecular flexibility index (Phi) is 5.85. The van der Waals surface area contributed by atoms with Gasteiger partial charge in [-0.25, -0.2) is 0 Å². The molecule has 2 N–H and O–H groups in total. The van der Waals surface area contributed by atoms with Gasteiger partial charge in [0.2, 0.25) is 5.91 Å². The number of amides is 2. The topological polar surface area (TPSA) is 58.2 Å². The monoisotopic (exact) mass is 358 g/mol. The zero-order chi connectivity index (χ0) is 18.6. The van der Waals surface area contributed by atoms with E-state index in [1.165, 1.54) is 0 Å². The van der Waals surface area contributed by atoms with Crippen molar-refractivity contribution < 1.29 is 9.59 Å². The van der Waals surface area contributed by atoms with Crippen molar-refractivity contribution in [1.82, 2.24) is 5.32 Å². The molecule has 0 spiro atoms. The van der Waals surface area contributed by atoms with E-state index in [1.54, 1.807) is 24.3 Å². The Balaban J connectivity index is 1.92. The van der Waals surface area contributed by atoms with Crippen molar-refractivity contribution >= 4 is 29.1 Å². The number of anilines is 1. The second-order valence-corrected chi connectivity index (χ2v) is 7.45. The van der Waals surface area contributed by atoms with Crippen molar-refractivity contribution in [2.45, 2.75) is 33.1 Å². The fourth-order valence-electron chi connectivity index (χ4n) is 2.30. The molecular formula is C20H23ClN2O2. The van der Waals surface area contributed by atoms with Gasteiger partial charge in [-0.05, 0) is 47.7 Å². The predicted molar refractivity (Wildman–Crippen MR) is 102 cm³/mol. The highest BCUT2D eigenvalue weighted by Crippen LogP contribution is 2.23. The second kappa shape index (κ2) is 7.70. The van der Waals surface area contributed by atoms with Gasteiger partial charge in [0.25, 0.3) is 5.91 Å². The average Bonchev–Trinajstić information content (AvgIpc) is 2.54. The Bertz CT molecular complexity index is 777. The Hall–Kier alpha value is -2.33. The SMILES string of the molecule is Cc1ccc(NC(=O)CNC(=O)c2ccc(C(C)(C)C)cc2)c(Cl)c1. The summed E-state index contributed by atoms with van der Waals surface area (Å²) in [5, 5.41) is 5.77. The molecule has 0 atom stereocenters. The fraction of sp³-hybridized carbons (Fsp3) is 0.300. The standard InChI is InChI=1S/C20H23ClN2O2/c1-13-5-10-17(16(21)11-13)23-18(24)12-22-19(25)14-6-8-15(9-7-14)20(2,3)4/h5-11H,12H2,1-4H3,(H,22,25)(H,23,24). The number of carbonyl (C=O) groups excluding carboxylic acids is 2. The Morgan fingerprint density at radius 3 is 2.24 bits per heavy atom. The Labute approximate surface area is 153 Å². The lowest BCUT2D eigenvalue weighted by Gasteiger charge is -2.19. The van der Waals surface area contributed by atoms with Crippen LogP contribution in [0.2, 0.25) is 5.02 Å². The predicted octanol–water partition coefficient (Wildman–Crippen LogP) is 4.31. The summed E-state index contributed by atoms with van der Waals surface area (Å²) < 4.78 is 0. The minimum atomic E-state index is -0.328. The van der Waals surface area contributed by atoms with E-state index in [0.717, 1.165) is 11.1 Å². The van der Waals surface area contributed by atoms with Crippen LogP contribution in [0.25, 0.3) is 0 Å². The quantitative estimate of drug-likeness (QED) is 0.855. The van der Waals surface area contributed by atoms with Gasteiger partial charge in [0, 0.05) is 5.56 Å². The van der Waals surface area contributed by atoms with Crippen LogP contribution in [0, 0.1) is 6.92 Å². The van der Waals surface area contributed by atoms with E-state index in [0.29, 0.717) is 16.3 Å². The van der Waals surface area contributed by atoms with E-state index in [-0.39, 0.29) is 23.8 Å². The summed E-state index contributed by atoms with van der Waals surface area (Å²) in [7, 11) is 0. The normalized spacial score (nSPS) is 11.1. The van der Waals surface area contributed by atoms with E-state index >= 15 is 0 Å². The van der Waals surface area contributed by atoms with Gasteiger partial charge in [0.05, 0.1) is 17.3 Å². The highest BCUT2D eigenvalue weighted by molar-refractivity contribution is 6.33. The molecule has 0 fully saturated rings. The van der Waals surface area contributed by atoms with Crippen LogP contribution in [-0.2, 0) is 10.2 Å². The largest absolute Gasteiger partial charge is 0.343 e. The van der Waals surface area contributed by atoms with Crippen LogP contribution in [-0.4, -0.2) is 18.4 Å². The molecule has 2 rings (SSSR count). The molecule has 25 heavy (non-hydrogen) atoms. The smallest absolute Gasteiger partial charge is 0.251 e. The lowest BCUT2D eigenvalue weighted by Crippen LogP contribution is -2.33. The molecule has 0 heterocycles. The summed E-state index contributed by atoms with van der Waals surface area (Å²) in [6.07, 6.45) is 0. The van der Waals surface area contributed by atoms with Crippen molar-refractivity contribution in [2.24, 2.45) is 0 Å². The number of halogens is 1.